The van der Waals surface area contributed by atoms with Crippen LogP contribution in [0.1, 0.15) is 34.5 Å². The molecule has 1 fully saturated rings. The van der Waals surface area contributed by atoms with E-state index in [2.05, 4.69) is 21.3 Å². The number of rotatable bonds is 6. The average molecular weight is 470 g/mol. The number of amides is 1. The van der Waals surface area contributed by atoms with Gasteiger partial charge < -0.3 is 10.2 Å². The van der Waals surface area contributed by atoms with Crippen LogP contribution in [0.2, 0.25) is 0 Å². The van der Waals surface area contributed by atoms with Gasteiger partial charge in [0, 0.05) is 35.1 Å². The first-order valence-electron chi connectivity index (χ1n) is 11.5. The molecule has 3 aromatic heterocycles. The molecule has 1 aromatic carbocycles. The first-order chi connectivity index (χ1) is 16.6. The molecular formula is C27H27N5OS. The lowest BCUT2D eigenvalue weighted by Gasteiger charge is -2.16. The molecule has 4 aromatic rings. The summed E-state index contributed by atoms with van der Waals surface area (Å²) in [5, 5.41) is 3.94. The maximum Gasteiger partial charge on any atom is 0.251 e. The van der Waals surface area contributed by atoms with Crippen LogP contribution in [-0.4, -0.2) is 40.2 Å². The van der Waals surface area contributed by atoms with Crippen LogP contribution in [0.3, 0.4) is 0 Å². The molecule has 1 amide bonds. The Balaban J connectivity index is 1.34. The number of hydrogen-bond donors (Lipinski definition) is 1. The minimum absolute atomic E-state index is 0.109. The molecule has 0 spiro atoms. The van der Waals surface area contributed by atoms with Gasteiger partial charge in [0.1, 0.15) is 5.82 Å². The quantitative estimate of drug-likeness (QED) is 0.389. The van der Waals surface area contributed by atoms with E-state index in [0.717, 1.165) is 51.8 Å². The van der Waals surface area contributed by atoms with Crippen molar-refractivity contribution >= 4 is 34.4 Å². The molecule has 0 aliphatic carbocycles. The largest absolute Gasteiger partial charge is 0.357 e. The maximum absolute atomic E-state index is 12.7. The van der Waals surface area contributed by atoms with Gasteiger partial charge in [-0.1, -0.05) is 12.1 Å². The van der Waals surface area contributed by atoms with Crippen LogP contribution in [0.25, 0.3) is 22.3 Å². The summed E-state index contributed by atoms with van der Waals surface area (Å²) in [4.78, 5) is 30.3. The first kappa shape index (κ1) is 22.3. The Hall–Kier alpha value is -3.45. The second kappa shape index (κ2) is 9.81. The number of nitrogens with one attached hydrogen (secondary N) is 1. The van der Waals surface area contributed by atoms with Crippen molar-refractivity contribution in [3.8, 4) is 11.4 Å². The maximum atomic E-state index is 12.7. The number of aryl methyl sites for hydroxylation is 1. The summed E-state index contributed by atoms with van der Waals surface area (Å²) in [7, 11) is 0. The molecule has 1 saturated heterocycles. The Morgan fingerprint density at radius 1 is 1.03 bits per heavy atom. The molecule has 172 valence electrons. The van der Waals surface area contributed by atoms with Gasteiger partial charge in [-0.3, -0.25) is 9.78 Å². The van der Waals surface area contributed by atoms with Gasteiger partial charge in [0.2, 0.25) is 0 Å². The predicted molar refractivity (Wildman–Crippen MR) is 138 cm³/mol. The van der Waals surface area contributed by atoms with E-state index in [9.17, 15) is 4.79 Å². The van der Waals surface area contributed by atoms with Crippen molar-refractivity contribution in [3.63, 3.8) is 0 Å². The number of carbonyl (C=O) groups is 1. The third-order valence-corrected chi connectivity index (χ3v) is 7.04. The predicted octanol–water partition coefficient (Wildman–Crippen LogP) is 5.25. The highest BCUT2D eigenvalue weighted by atomic mass is 32.2. The SMILES string of the molecule is CSc1cc(C(=O)NCc2cc3nc(-c4cccc(N5CCCC5)n4)ccc3cn2)ccc1C. The third-order valence-electron chi connectivity index (χ3n) is 6.16. The van der Waals surface area contributed by atoms with Crippen molar-refractivity contribution in [1.82, 2.24) is 20.3 Å². The van der Waals surface area contributed by atoms with Crippen LogP contribution in [0.15, 0.2) is 65.7 Å². The standard InChI is InChI=1S/C27H27N5OS/c1-18-8-9-19(14-25(18)34-2)27(33)29-17-21-15-24-20(16-28-21)10-11-23(30-24)22-6-5-7-26(31-22)32-12-3-4-13-32/h5-11,14-16H,3-4,12-13,17H2,1-2H3,(H,29,33). The van der Waals surface area contributed by atoms with Crippen LogP contribution in [0.5, 0.6) is 0 Å². The molecule has 0 atom stereocenters. The minimum atomic E-state index is -0.109. The molecule has 1 aliphatic heterocycles. The van der Waals surface area contributed by atoms with Gasteiger partial charge in [-0.05, 0) is 74.0 Å². The van der Waals surface area contributed by atoms with E-state index in [0.29, 0.717) is 12.1 Å². The number of aromatic nitrogens is 3. The van der Waals surface area contributed by atoms with E-state index < -0.39 is 0 Å². The topological polar surface area (TPSA) is 71.0 Å². The number of pyridine rings is 3. The Kier molecular flexibility index (Phi) is 6.45. The summed E-state index contributed by atoms with van der Waals surface area (Å²) in [6.07, 6.45) is 6.26. The number of thioether (sulfide) groups is 1. The van der Waals surface area contributed by atoms with Crippen molar-refractivity contribution in [2.45, 2.75) is 31.2 Å². The number of nitrogens with zero attached hydrogens (tertiary/aromatic N) is 4. The molecule has 6 nitrogen and oxygen atoms in total. The molecule has 0 radical (unpaired) electrons. The Morgan fingerprint density at radius 3 is 2.68 bits per heavy atom. The van der Waals surface area contributed by atoms with Gasteiger partial charge in [-0.15, -0.1) is 11.8 Å². The van der Waals surface area contributed by atoms with Crippen molar-refractivity contribution in [2.24, 2.45) is 0 Å². The van der Waals surface area contributed by atoms with Crippen LogP contribution in [0, 0.1) is 6.92 Å². The monoisotopic (exact) mass is 469 g/mol. The summed E-state index contributed by atoms with van der Waals surface area (Å²) < 4.78 is 0. The fourth-order valence-corrected chi connectivity index (χ4v) is 4.85. The summed E-state index contributed by atoms with van der Waals surface area (Å²) in [6, 6.07) is 17.8. The van der Waals surface area contributed by atoms with Crippen LogP contribution in [-0.2, 0) is 6.54 Å². The number of fused-ring (bicyclic) bond motifs is 1. The second-order valence-corrected chi connectivity index (χ2v) is 9.36. The molecule has 0 bridgehead atoms. The minimum Gasteiger partial charge on any atom is -0.357 e. The summed E-state index contributed by atoms with van der Waals surface area (Å²) in [5.74, 6) is 0.901. The third kappa shape index (κ3) is 4.75. The molecule has 1 aliphatic rings. The lowest BCUT2D eigenvalue weighted by molar-refractivity contribution is 0.0950. The highest BCUT2D eigenvalue weighted by Crippen LogP contribution is 2.24. The lowest BCUT2D eigenvalue weighted by Crippen LogP contribution is -2.23. The van der Waals surface area contributed by atoms with Gasteiger partial charge in [-0.2, -0.15) is 0 Å². The van der Waals surface area contributed by atoms with E-state index in [1.165, 1.54) is 18.4 Å². The summed E-state index contributed by atoms with van der Waals surface area (Å²) in [5.41, 5.74) is 5.12. The molecule has 5 rings (SSSR count). The molecule has 0 unspecified atom stereocenters. The van der Waals surface area contributed by atoms with E-state index in [1.807, 2.05) is 61.7 Å². The normalized spacial score (nSPS) is 13.4. The van der Waals surface area contributed by atoms with Crippen molar-refractivity contribution in [2.75, 3.05) is 24.2 Å². The zero-order valence-electron chi connectivity index (χ0n) is 19.4. The van der Waals surface area contributed by atoms with E-state index in [-0.39, 0.29) is 5.91 Å². The zero-order chi connectivity index (χ0) is 23.5. The number of anilines is 1. The smallest absolute Gasteiger partial charge is 0.251 e. The van der Waals surface area contributed by atoms with E-state index >= 15 is 0 Å². The van der Waals surface area contributed by atoms with Gasteiger partial charge in [0.15, 0.2) is 0 Å². The Morgan fingerprint density at radius 2 is 1.85 bits per heavy atom. The summed E-state index contributed by atoms with van der Waals surface area (Å²) in [6.45, 7) is 4.50. The van der Waals surface area contributed by atoms with Crippen molar-refractivity contribution in [1.29, 1.82) is 0 Å². The first-order valence-corrected chi connectivity index (χ1v) is 12.7. The Bertz CT molecular complexity index is 1350. The highest BCUT2D eigenvalue weighted by Gasteiger charge is 2.15. The van der Waals surface area contributed by atoms with Gasteiger partial charge in [-0.25, -0.2) is 9.97 Å². The van der Waals surface area contributed by atoms with Crippen LogP contribution < -0.4 is 10.2 Å². The van der Waals surface area contributed by atoms with Gasteiger partial charge in [0.05, 0.1) is 29.1 Å². The molecule has 34 heavy (non-hydrogen) atoms. The molecule has 4 heterocycles. The summed E-state index contributed by atoms with van der Waals surface area (Å²) >= 11 is 1.64. The molecule has 7 heteroatoms. The molecule has 1 N–H and O–H groups in total. The van der Waals surface area contributed by atoms with Crippen molar-refractivity contribution in [3.05, 3.63) is 77.6 Å². The van der Waals surface area contributed by atoms with E-state index in [4.69, 9.17) is 9.97 Å². The Labute approximate surface area is 203 Å². The fraction of sp³-hybridized carbons (Fsp3) is 0.259. The lowest BCUT2D eigenvalue weighted by atomic mass is 10.1. The second-order valence-electron chi connectivity index (χ2n) is 8.51. The average Bonchev–Trinajstić information content (AvgIpc) is 3.42. The number of carbonyl (C=O) groups excluding carboxylic acids is 1. The van der Waals surface area contributed by atoms with Crippen LogP contribution >= 0.6 is 11.8 Å². The van der Waals surface area contributed by atoms with Gasteiger partial charge in [0.25, 0.3) is 5.91 Å². The highest BCUT2D eigenvalue weighted by molar-refractivity contribution is 7.98. The van der Waals surface area contributed by atoms with Crippen LogP contribution in [0.4, 0.5) is 5.82 Å². The van der Waals surface area contributed by atoms with E-state index in [1.54, 1.807) is 18.0 Å². The molecular weight excluding hydrogens is 442 g/mol. The fourth-order valence-electron chi connectivity index (χ4n) is 4.22. The zero-order valence-corrected chi connectivity index (χ0v) is 20.2. The molecule has 0 saturated carbocycles. The van der Waals surface area contributed by atoms with Gasteiger partial charge >= 0.3 is 0 Å². The van der Waals surface area contributed by atoms with Crippen molar-refractivity contribution < 1.29 is 4.79 Å². The number of hydrogen-bond acceptors (Lipinski definition) is 6. The number of benzene rings is 1.